The van der Waals surface area contributed by atoms with Crippen LogP contribution in [-0.4, -0.2) is 17.0 Å². The maximum absolute atomic E-state index is 2.83. The summed E-state index contributed by atoms with van der Waals surface area (Å²) in [5.41, 5.74) is 0. The molecule has 0 N–H and O–H groups in total. The van der Waals surface area contributed by atoms with Gasteiger partial charge in [0.1, 0.15) is 0 Å². The van der Waals surface area contributed by atoms with Gasteiger partial charge in [-0.1, -0.05) is 7.92 Å². The highest BCUT2D eigenvalue weighted by atomic mass is 31.1. The van der Waals surface area contributed by atoms with Crippen LogP contribution in [0.15, 0.2) is 0 Å². The van der Waals surface area contributed by atoms with Gasteiger partial charge in [0.25, 0.3) is 0 Å². The zero-order chi connectivity index (χ0) is 14.5. The van der Waals surface area contributed by atoms with Crippen LogP contribution in [0.2, 0.25) is 0 Å². The summed E-state index contributed by atoms with van der Waals surface area (Å²) >= 11 is 0. The summed E-state index contributed by atoms with van der Waals surface area (Å²) in [5.74, 6) is 6.95. The van der Waals surface area contributed by atoms with Crippen molar-refractivity contribution in [2.75, 3.05) is 6.66 Å². The Morgan fingerprint density at radius 1 is 0.500 bits per heavy atom. The number of hydrogen-bond donors (Lipinski definition) is 0. The molecule has 8 aliphatic rings. The van der Waals surface area contributed by atoms with E-state index in [0.29, 0.717) is 0 Å². The predicted octanol–water partition coefficient (Wildman–Crippen LogP) is 6.04. The molecule has 8 fully saturated rings. The Kier molecular flexibility index (Phi) is 2.70. The lowest BCUT2D eigenvalue weighted by molar-refractivity contribution is 0.0190. The van der Waals surface area contributed by atoms with Crippen LogP contribution in [-0.2, 0) is 0 Å². The molecule has 22 heavy (non-hydrogen) atoms. The molecular weight excluding hydrogens is 283 g/mol. The average molecular weight is 316 g/mol. The molecule has 8 bridgehead atoms. The summed E-state index contributed by atoms with van der Waals surface area (Å²) in [6, 6.07) is 0. The first kappa shape index (κ1) is 13.7. The Bertz CT molecular complexity index is 378. The summed E-state index contributed by atoms with van der Waals surface area (Å²) in [6.07, 6.45) is 19.8. The molecule has 0 radical (unpaired) electrons. The van der Waals surface area contributed by atoms with Crippen molar-refractivity contribution in [3.8, 4) is 0 Å². The lowest BCUT2D eigenvalue weighted by Gasteiger charge is -2.67. The highest BCUT2D eigenvalue weighted by Gasteiger charge is 2.61. The zero-order valence-corrected chi connectivity index (χ0v) is 15.3. The Morgan fingerprint density at radius 2 is 0.727 bits per heavy atom. The monoisotopic (exact) mass is 316 g/mol. The van der Waals surface area contributed by atoms with E-state index in [9.17, 15) is 0 Å². The van der Waals surface area contributed by atoms with E-state index in [1.807, 2.05) is 0 Å². The third-order valence-electron chi connectivity index (χ3n) is 9.43. The van der Waals surface area contributed by atoms with E-state index >= 15 is 0 Å². The number of rotatable bonds is 2. The molecule has 0 heterocycles. The van der Waals surface area contributed by atoms with Crippen molar-refractivity contribution < 1.29 is 0 Å². The largest absolute Gasteiger partial charge is 0.0971 e. The van der Waals surface area contributed by atoms with Gasteiger partial charge >= 0.3 is 0 Å². The fourth-order valence-corrected chi connectivity index (χ4v) is 13.7. The van der Waals surface area contributed by atoms with Crippen molar-refractivity contribution >= 4 is 7.92 Å². The molecule has 122 valence electrons. The summed E-state index contributed by atoms with van der Waals surface area (Å²) < 4.78 is 0. The highest BCUT2D eigenvalue weighted by molar-refractivity contribution is 7.60. The van der Waals surface area contributed by atoms with Gasteiger partial charge in [0.15, 0.2) is 0 Å². The molecule has 0 spiro atoms. The third kappa shape index (κ3) is 1.75. The Labute approximate surface area is 138 Å². The molecule has 0 amide bonds. The van der Waals surface area contributed by atoms with Crippen LogP contribution in [0.25, 0.3) is 0 Å². The minimum Gasteiger partial charge on any atom is -0.0971 e. The standard InChI is InChI=1S/C21H33P/c1-22(20-8-14-2-15(9-20)4-16(3-14)10-20)21-11-17-5-18(12-21)7-19(6-17)13-21/h14-19H,2-13H2,1H3. The van der Waals surface area contributed by atoms with Crippen LogP contribution in [0.1, 0.15) is 77.0 Å². The molecule has 8 aliphatic carbocycles. The Morgan fingerprint density at radius 3 is 0.955 bits per heavy atom. The van der Waals surface area contributed by atoms with Crippen LogP contribution < -0.4 is 0 Å². The molecule has 0 nitrogen and oxygen atoms in total. The Balaban J connectivity index is 1.36. The van der Waals surface area contributed by atoms with Crippen molar-refractivity contribution in [2.24, 2.45) is 35.5 Å². The van der Waals surface area contributed by atoms with E-state index in [4.69, 9.17) is 0 Å². The molecule has 0 atom stereocenters. The van der Waals surface area contributed by atoms with Gasteiger partial charge in [0.05, 0.1) is 0 Å². The lowest BCUT2D eigenvalue weighted by Crippen LogP contribution is -2.56. The summed E-state index contributed by atoms with van der Waals surface area (Å²) in [6.45, 7) is 2.83. The van der Waals surface area contributed by atoms with Gasteiger partial charge in [-0.15, -0.1) is 0 Å². The second-order valence-corrected chi connectivity index (χ2v) is 13.9. The van der Waals surface area contributed by atoms with Crippen LogP contribution in [0.4, 0.5) is 0 Å². The minimum atomic E-state index is 0.271. The number of hydrogen-bond acceptors (Lipinski definition) is 0. The summed E-state index contributed by atoms with van der Waals surface area (Å²) in [4.78, 5) is 0. The van der Waals surface area contributed by atoms with Crippen LogP contribution in [0.3, 0.4) is 0 Å². The van der Waals surface area contributed by atoms with Crippen molar-refractivity contribution in [1.29, 1.82) is 0 Å². The summed E-state index contributed by atoms with van der Waals surface area (Å²) in [7, 11) is 0.271. The van der Waals surface area contributed by atoms with E-state index in [0.717, 1.165) is 45.8 Å². The second-order valence-electron chi connectivity index (χ2n) is 10.8. The molecule has 1 heteroatoms. The molecule has 0 unspecified atom stereocenters. The molecule has 0 aromatic rings. The smallest absolute Gasteiger partial charge is 0.00840 e. The highest BCUT2D eigenvalue weighted by Crippen LogP contribution is 2.77. The normalized spacial score (nSPS) is 62.6. The van der Waals surface area contributed by atoms with E-state index < -0.39 is 0 Å². The molecule has 8 saturated carbocycles. The first-order valence-electron chi connectivity index (χ1n) is 10.4. The quantitative estimate of drug-likeness (QED) is 0.545. The maximum Gasteiger partial charge on any atom is -0.00840 e. The topological polar surface area (TPSA) is 0 Å². The molecule has 0 aromatic heterocycles. The minimum absolute atomic E-state index is 0.271. The third-order valence-corrected chi connectivity index (χ3v) is 13.4. The van der Waals surface area contributed by atoms with Gasteiger partial charge in [0, 0.05) is 0 Å². The first-order valence-corrected chi connectivity index (χ1v) is 12.2. The van der Waals surface area contributed by atoms with Gasteiger partial charge in [0.2, 0.25) is 0 Å². The fourth-order valence-electron chi connectivity index (χ4n) is 9.45. The lowest BCUT2D eigenvalue weighted by atomic mass is 9.55. The molecule has 0 saturated heterocycles. The van der Waals surface area contributed by atoms with Crippen molar-refractivity contribution in [3.05, 3.63) is 0 Å². The fraction of sp³-hybridized carbons (Fsp3) is 1.00. The van der Waals surface area contributed by atoms with Crippen molar-refractivity contribution in [1.82, 2.24) is 0 Å². The second kappa shape index (κ2) is 4.33. The van der Waals surface area contributed by atoms with Crippen LogP contribution >= 0.6 is 7.92 Å². The van der Waals surface area contributed by atoms with E-state index in [1.165, 1.54) is 0 Å². The Hall–Kier alpha value is 0.430. The van der Waals surface area contributed by atoms with Crippen molar-refractivity contribution in [3.63, 3.8) is 0 Å². The molecule has 8 rings (SSSR count). The van der Waals surface area contributed by atoms with E-state index in [-0.39, 0.29) is 7.92 Å². The average Bonchev–Trinajstić information content (AvgIpc) is 2.43. The van der Waals surface area contributed by atoms with Gasteiger partial charge in [-0.05, 0) is 130 Å². The predicted molar refractivity (Wildman–Crippen MR) is 94.7 cm³/mol. The van der Waals surface area contributed by atoms with Crippen molar-refractivity contribution in [2.45, 2.75) is 87.4 Å². The van der Waals surface area contributed by atoms with Gasteiger partial charge in [-0.25, -0.2) is 0 Å². The maximum atomic E-state index is 2.83. The molecular formula is C21H33P. The first-order chi connectivity index (χ1) is 10.6. The summed E-state index contributed by atoms with van der Waals surface area (Å²) in [5, 5.41) is 1.74. The van der Waals surface area contributed by atoms with E-state index in [1.54, 1.807) is 77.0 Å². The van der Waals surface area contributed by atoms with E-state index in [2.05, 4.69) is 6.66 Å². The van der Waals surface area contributed by atoms with Gasteiger partial charge < -0.3 is 0 Å². The zero-order valence-electron chi connectivity index (χ0n) is 14.4. The SMILES string of the molecule is CP(C12CC3CC(CC(C3)C1)C2)C12CC3CC(CC(C3)C1)C2. The van der Waals surface area contributed by atoms with Gasteiger partial charge in [-0.2, -0.15) is 0 Å². The van der Waals surface area contributed by atoms with Crippen LogP contribution in [0, 0.1) is 35.5 Å². The molecule has 0 aromatic carbocycles. The van der Waals surface area contributed by atoms with Crippen LogP contribution in [0.5, 0.6) is 0 Å². The molecule has 0 aliphatic heterocycles. The van der Waals surface area contributed by atoms with Gasteiger partial charge in [-0.3, -0.25) is 0 Å².